The number of terminal acetylenes is 1. The third kappa shape index (κ3) is 3.02. The molecular formula is C24H19NO7. The van der Waals surface area contributed by atoms with Crippen molar-refractivity contribution in [2.24, 2.45) is 0 Å². The van der Waals surface area contributed by atoms with E-state index in [9.17, 15) is 24.3 Å². The number of nitrogen functional groups attached to an aromatic ring is 1. The van der Waals surface area contributed by atoms with E-state index in [1.165, 1.54) is 26.0 Å². The SMILES string of the molecule is C#C[C@]1(OC(C)=O)Cc2c(N)c3c(c(O)c2[C@H](OC(C)=O)C1)C(=O)c1ccccc1C3=O. The molecule has 2 aliphatic carbocycles. The van der Waals surface area contributed by atoms with Crippen molar-refractivity contribution in [3.63, 3.8) is 0 Å². The molecule has 0 aliphatic heterocycles. The van der Waals surface area contributed by atoms with Gasteiger partial charge in [0.2, 0.25) is 0 Å². The maximum atomic E-state index is 13.2. The number of benzene rings is 2. The van der Waals surface area contributed by atoms with Gasteiger partial charge in [-0.3, -0.25) is 19.2 Å². The number of phenolic OH excluding ortho intramolecular Hbond substituents is 1. The second-order valence-electron chi connectivity index (χ2n) is 7.82. The minimum atomic E-state index is -1.52. The van der Waals surface area contributed by atoms with Crippen molar-refractivity contribution in [3.8, 4) is 18.1 Å². The van der Waals surface area contributed by atoms with Crippen LogP contribution in [-0.2, 0) is 25.5 Å². The second-order valence-corrected chi connectivity index (χ2v) is 7.82. The molecule has 0 heterocycles. The summed E-state index contributed by atoms with van der Waals surface area (Å²) in [6.45, 7) is 2.35. The van der Waals surface area contributed by atoms with Crippen molar-refractivity contribution in [3.05, 3.63) is 57.6 Å². The van der Waals surface area contributed by atoms with Gasteiger partial charge in [0, 0.05) is 49.1 Å². The molecule has 8 heteroatoms. The molecule has 0 radical (unpaired) electrons. The fraction of sp³-hybridized carbons (Fsp3) is 0.250. The third-order valence-corrected chi connectivity index (χ3v) is 5.74. The summed E-state index contributed by atoms with van der Waals surface area (Å²) in [5.41, 5.74) is 4.94. The zero-order valence-corrected chi connectivity index (χ0v) is 17.4. The topological polar surface area (TPSA) is 133 Å². The molecule has 0 aromatic heterocycles. The molecule has 2 aromatic rings. The predicted octanol–water partition coefficient (Wildman–Crippen LogP) is 2.24. The van der Waals surface area contributed by atoms with Crippen LogP contribution in [0.15, 0.2) is 24.3 Å². The molecule has 0 saturated carbocycles. The minimum Gasteiger partial charge on any atom is -0.507 e. The summed E-state index contributed by atoms with van der Waals surface area (Å²) in [6, 6.07) is 6.21. The zero-order valence-electron chi connectivity index (χ0n) is 17.4. The zero-order chi connectivity index (χ0) is 23.4. The quantitative estimate of drug-likeness (QED) is 0.272. The Morgan fingerprint density at radius 1 is 1.12 bits per heavy atom. The Labute approximate surface area is 183 Å². The van der Waals surface area contributed by atoms with Crippen LogP contribution in [0, 0.1) is 12.3 Å². The number of fused-ring (bicyclic) bond motifs is 3. The van der Waals surface area contributed by atoms with E-state index in [0.717, 1.165) is 0 Å². The number of rotatable bonds is 2. The number of nitrogens with two attached hydrogens (primary N) is 1. The van der Waals surface area contributed by atoms with Gasteiger partial charge in [-0.25, -0.2) is 0 Å². The van der Waals surface area contributed by atoms with Crippen LogP contribution in [0.3, 0.4) is 0 Å². The second kappa shape index (κ2) is 7.24. The van der Waals surface area contributed by atoms with Gasteiger partial charge in [-0.2, -0.15) is 0 Å². The van der Waals surface area contributed by atoms with Gasteiger partial charge in [-0.15, -0.1) is 6.42 Å². The number of hydrogen-bond donors (Lipinski definition) is 2. The Balaban J connectivity index is 2.02. The lowest BCUT2D eigenvalue weighted by Gasteiger charge is -2.39. The number of anilines is 1. The molecule has 3 N–H and O–H groups in total. The fourth-order valence-electron chi connectivity index (χ4n) is 4.52. The maximum absolute atomic E-state index is 13.2. The van der Waals surface area contributed by atoms with Crippen LogP contribution in [0.5, 0.6) is 5.75 Å². The highest BCUT2D eigenvalue weighted by Crippen LogP contribution is 2.50. The summed E-state index contributed by atoms with van der Waals surface area (Å²) in [5.74, 6) is -0.510. The van der Waals surface area contributed by atoms with E-state index < -0.39 is 41.0 Å². The van der Waals surface area contributed by atoms with Crippen LogP contribution in [0.1, 0.15) is 69.3 Å². The molecule has 0 amide bonds. The van der Waals surface area contributed by atoms with Crippen LogP contribution in [0.25, 0.3) is 0 Å². The summed E-state index contributed by atoms with van der Waals surface area (Å²) in [7, 11) is 0. The van der Waals surface area contributed by atoms with Crippen molar-refractivity contribution in [2.75, 3.05) is 5.73 Å². The number of ketones is 2. The smallest absolute Gasteiger partial charge is 0.304 e. The van der Waals surface area contributed by atoms with Gasteiger partial charge in [0.15, 0.2) is 17.2 Å². The van der Waals surface area contributed by atoms with E-state index in [1.54, 1.807) is 12.1 Å². The summed E-state index contributed by atoms with van der Waals surface area (Å²) in [5, 5.41) is 11.1. The number of carbonyl (C=O) groups is 4. The molecule has 4 rings (SSSR count). The van der Waals surface area contributed by atoms with Gasteiger partial charge < -0.3 is 20.3 Å². The van der Waals surface area contributed by atoms with E-state index in [1.807, 2.05) is 0 Å². The van der Waals surface area contributed by atoms with Crippen molar-refractivity contribution < 1.29 is 33.8 Å². The van der Waals surface area contributed by atoms with E-state index >= 15 is 0 Å². The molecule has 0 spiro atoms. The van der Waals surface area contributed by atoms with E-state index in [2.05, 4.69) is 5.92 Å². The molecule has 32 heavy (non-hydrogen) atoms. The number of aromatic hydroxyl groups is 1. The van der Waals surface area contributed by atoms with Crippen molar-refractivity contribution in [2.45, 2.75) is 38.4 Å². The first-order chi connectivity index (χ1) is 15.1. The minimum absolute atomic E-state index is 0.0787. The van der Waals surface area contributed by atoms with Gasteiger partial charge in [0.25, 0.3) is 0 Å². The normalized spacial score (nSPS) is 21.0. The molecule has 0 saturated heterocycles. The highest BCUT2D eigenvalue weighted by atomic mass is 16.6. The highest BCUT2D eigenvalue weighted by molar-refractivity contribution is 6.31. The molecule has 2 aliphatic rings. The van der Waals surface area contributed by atoms with Crippen molar-refractivity contribution in [1.82, 2.24) is 0 Å². The van der Waals surface area contributed by atoms with Gasteiger partial charge in [0.05, 0.1) is 11.1 Å². The molecule has 2 aromatic carbocycles. The lowest BCUT2D eigenvalue weighted by atomic mass is 9.73. The first-order valence-electron chi connectivity index (χ1n) is 9.80. The molecule has 162 valence electrons. The largest absolute Gasteiger partial charge is 0.507 e. The van der Waals surface area contributed by atoms with Gasteiger partial charge >= 0.3 is 11.9 Å². The number of esters is 2. The molecule has 8 nitrogen and oxygen atoms in total. The average molecular weight is 433 g/mol. The molecule has 2 atom stereocenters. The van der Waals surface area contributed by atoms with Gasteiger partial charge in [0.1, 0.15) is 11.9 Å². The van der Waals surface area contributed by atoms with Gasteiger partial charge in [-0.05, 0) is 5.56 Å². The Morgan fingerprint density at radius 3 is 2.25 bits per heavy atom. The first kappa shape index (κ1) is 21.1. The Kier molecular flexibility index (Phi) is 4.78. The Morgan fingerprint density at radius 2 is 1.72 bits per heavy atom. The summed E-state index contributed by atoms with van der Waals surface area (Å²) < 4.78 is 10.8. The fourth-order valence-corrected chi connectivity index (χ4v) is 4.52. The molecule has 0 unspecified atom stereocenters. The lowest BCUT2D eigenvalue weighted by Crippen LogP contribution is -2.42. The first-order valence-corrected chi connectivity index (χ1v) is 9.80. The van der Waals surface area contributed by atoms with Crippen molar-refractivity contribution in [1.29, 1.82) is 0 Å². The third-order valence-electron chi connectivity index (χ3n) is 5.74. The van der Waals surface area contributed by atoms with Crippen LogP contribution >= 0.6 is 0 Å². The van der Waals surface area contributed by atoms with E-state index in [4.69, 9.17) is 21.6 Å². The van der Waals surface area contributed by atoms with E-state index in [-0.39, 0.29) is 51.9 Å². The van der Waals surface area contributed by atoms with Gasteiger partial charge in [-0.1, -0.05) is 30.2 Å². The Bertz CT molecular complexity index is 1270. The van der Waals surface area contributed by atoms with Crippen molar-refractivity contribution >= 4 is 29.2 Å². The highest BCUT2D eigenvalue weighted by Gasteiger charge is 2.47. The maximum Gasteiger partial charge on any atom is 0.304 e. The molecular weight excluding hydrogens is 414 g/mol. The molecule has 0 fully saturated rings. The summed E-state index contributed by atoms with van der Waals surface area (Å²) in [6.07, 6.45) is 4.24. The van der Waals surface area contributed by atoms with E-state index in [0.29, 0.717) is 0 Å². The van der Waals surface area contributed by atoms with Crippen LogP contribution in [0.2, 0.25) is 0 Å². The average Bonchev–Trinajstić information content (AvgIpc) is 2.73. The standard InChI is InChI=1S/C24H19NO7/c1-4-24(32-12(3)27)9-15-17(16(10-24)31-11(2)26)23(30)19-18(20(15)25)21(28)13-7-5-6-8-14(13)22(19)29/h1,5-8,16,30H,9-10,25H2,2-3H3/t16-,24+/m1/s1. The molecule has 0 bridgehead atoms. The van der Waals surface area contributed by atoms with Crippen LogP contribution in [0.4, 0.5) is 5.69 Å². The monoisotopic (exact) mass is 433 g/mol. The number of ether oxygens (including phenoxy) is 2. The van der Waals surface area contributed by atoms with Crippen LogP contribution in [-0.4, -0.2) is 34.2 Å². The Hall–Kier alpha value is -4.12. The number of carbonyl (C=O) groups excluding carboxylic acids is 4. The number of phenols is 1. The van der Waals surface area contributed by atoms with Crippen LogP contribution < -0.4 is 5.73 Å². The predicted molar refractivity (Wildman–Crippen MR) is 112 cm³/mol. The summed E-state index contributed by atoms with van der Waals surface area (Å²) in [4.78, 5) is 49.9. The lowest BCUT2D eigenvalue weighted by molar-refractivity contribution is -0.159. The summed E-state index contributed by atoms with van der Waals surface area (Å²) >= 11 is 0. The number of hydrogen-bond acceptors (Lipinski definition) is 8.